The second-order valence-electron chi connectivity index (χ2n) is 6.15. The molecule has 0 bridgehead atoms. The number of amides is 1. The molecule has 0 saturated carbocycles. The van der Waals surface area contributed by atoms with E-state index in [1.165, 1.54) is 29.5 Å². The number of carbonyl (C=O) groups is 2. The number of ether oxygens (including phenoxy) is 1. The summed E-state index contributed by atoms with van der Waals surface area (Å²) in [5, 5.41) is 14.2. The largest absolute Gasteiger partial charge is 0.462 e. The van der Waals surface area contributed by atoms with E-state index in [1.807, 2.05) is 30.3 Å². The van der Waals surface area contributed by atoms with Crippen molar-refractivity contribution in [3.63, 3.8) is 0 Å². The molecule has 3 rings (SSSR count). The summed E-state index contributed by atoms with van der Waals surface area (Å²) in [5.41, 5.74) is 1.59. The number of nitro groups is 1. The zero-order valence-corrected chi connectivity index (χ0v) is 16.6. The van der Waals surface area contributed by atoms with Crippen LogP contribution in [0.1, 0.15) is 33.2 Å². The van der Waals surface area contributed by atoms with Gasteiger partial charge in [0.15, 0.2) is 0 Å². The fraction of sp³-hybridized carbons (Fsp3) is 0.143. The van der Waals surface area contributed by atoms with Gasteiger partial charge in [-0.1, -0.05) is 36.4 Å². The lowest BCUT2D eigenvalue weighted by Gasteiger charge is -2.07. The number of carbonyl (C=O) groups excluding carboxylic acids is 2. The Balaban J connectivity index is 1.96. The molecule has 1 heterocycles. The fourth-order valence-electron chi connectivity index (χ4n) is 2.71. The molecule has 0 aliphatic carbocycles. The van der Waals surface area contributed by atoms with Crippen LogP contribution in [0.5, 0.6) is 0 Å². The first-order valence-corrected chi connectivity index (χ1v) is 9.65. The molecule has 7 nitrogen and oxygen atoms in total. The molecule has 8 heteroatoms. The van der Waals surface area contributed by atoms with Gasteiger partial charge >= 0.3 is 5.97 Å². The number of nitrogens with zero attached hydrogens (tertiary/aromatic N) is 1. The van der Waals surface area contributed by atoms with Crippen molar-refractivity contribution in [2.45, 2.75) is 13.8 Å². The van der Waals surface area contributed by atoms with Crippen LogP contribution in [-0.4, -0.2) is 23.4 Å². The second-order valence-corrected chi connectivity index (χ2v) is 7.20. The molecule has 1 N–H and O–H groups in total. The van der Waals surface area contributed by atoms with Crippen LogP contribution in [0.4, 0.5) is 10.7 Å². The van der Waals surface area contributed by atoms with Gasteiger partial charge in [0.2, 0.25) is 0 Å². The molecular formula is C21H18N2O5S. The van der Waals surface area contributed by atoms with Crippen molar-refractivity contribution >= 4 is 33.9 Å². The van der Waals surface area contributed by atoms with Crippen LogP contribution in [0.2, 0.25) is 0 Å². The molecule has 0 unspecified atom stereocenters. The van der Waals surface area contributed by atoms with E-state index in [0.29, 0.717) is 10.6 Å². The summed E-state index contributed by atoms with van der Waals surface area (Å²) in [6.45, 7) is 3.50. The monoisotopic (exact) mass is 410 g/mol. The summed E-state index contributed by atoms with van der Waals surface area (Å²) in [4.78, 5) is 36.5. The van der Waals surface area contributed by atoms with Gasteiger partial charge in [-0.3, -0.25) is 14.9 Å². The molecule has 0 aliphatic rings. The number of hydrogen-bond donors (Lipinski definition) is 1. The number of anilines is 1. The lowest BCUT2D eigenvalue weighted by Crippen LogP contribution is -2.14. The highest BCUT2D eigenvalue weighted by Gasteiger charge is 2.21. The Morgan fingerprint density at radius 1 is 1.14 bits per heavy atom. The maximum Gasteiger partial charge on any atom is 0.341 e. The normalized spacial score (nSPS) is 10.4. The molecule has 0 atom stereocenters. The second kappa shape index (κ2) is 8.66. The molecule has 0 saturated heterocycles. The van der Waals surface area contributed by atoms with Gasteiger partial charge in [0.1, 0.15) is 5.00 Å². The molecule has 1 aromatic heterocycles. The Kier molecular flexibility index (Phi) is 6.04. The lowest BCUT2D eigenvalue weighted by atomic mass is 10.1. The van der Waals surface area contributed by atoms with Crippen molar-refractivity contribution in [3.8, 4) is 10.4 Å². The van der Waals surface area contributed by atoms with Gasteiger partial charge in [-0.05, 0) is 31.5 Å². The number of esters is 1. The third-order valence-corrected chi connectivity index (χ3v) is 5.28. The number of nitrogens with one attached hydrogen (secondary N) is 1. The predicted octanol–water partition coefficient (Wildman–Crippen LogP) is 5.06. The van der Waals surface area contributed by atoms with Crippen molar-refractivity contribution in [2.75, 3.05) is 11.9 Å². The zero-order chi connectivity index (χ0) is 21.0. The van der Waals surface area contributed by atoms with Crippen LogP contribution >= 0.6 is 11.3 Å². The van der Waals surface area contributed by atoms with Gasteiger partial charge in [0, 0.05) is 22.1 Å². The maximum absolute atomic E-state index is 12.7. The highest BCUT2D eigenvalue weighted by Crippen LogP contribution is 2.36. The highest BCUT2D eigenvalue weighted by atomic mass is 32.1. The van der Waals surface area contributed by atoms with E-state index in [-0.39, 0.29) is 23.4 Å². The summed E-state index contributed by atoms with van der Waals surface area (Å²) in [6.07, 6.45) is 0. The minimum Gasteiger partial charge on any atom is -0.462 e. The number of aryl methyl sites for hydroxylation is 1. The van der Waals surface area contributed by atoms with Gasteiger partial charge in [-0.15, -0.1) is 11.3 Å². The van der Waals surface area contributed by atoms with Crippen molar-refractivity contribution in [1.29, 1.82) is 0 Å². The van der Waals surface area contributed by atoms with E-state index in [0.717, 1.165) is 10.4 Å². The van der Waals surface area contributed by atoms with Gasteiger partial charge < -0.3 is 10.1 Å². The molecule has 29 heavy (non-hydrogen) atoms. The van der Waals surface area contributed by atoms with Gasteiger partial charge in [-0.2, -0.15) is 0 Å². The predicted molar refractivity (Wildman–Crippen MR) is 111 cm³/mol. The van der Waals surface area contributed by atoms with Crippen LogP contribution in [0.25, 0.3) is 10.4 Å². The van der Waals surface area contributed by atoms with Crippen LogP contribution < -0.4 is 5.32 Å². The Morgan fingerprint density at radius 2 is 1.86 bits per heavy atom. The Bertz CT molecular complexity index is 1080. The third-order valence-electron chi connectivity index (χ3n) is 4.18. The Hall–Kier alpha value is -3.52. The summed E-state index contributed by atoms with van der Waals surface area (Å²) >= 11 is 1.24. The smallest absolute Gasteiger partial charge is 0.341 e. The number of thiophene rings is 1. The van der Waals surface area contributed by atoms with E-state index >= 15 is 0 Å². The number of hydrogen-bond acceptors (Lipinski definition) is 6. The average molecular weight is 410 g/mol. The van der Waals surface area contributed by atoms with Crippen LogP contribution in [0, 0.1) is 17.0 Å². The Labute approximate surface area is 171 Å². The first-order chi connectivity index (χ1) is 13.9. The standard InChI is InChI=1S/C21H18N2O5S/c1-3-28-21(25)16-12-18(14-7-5-4-6-8-14)29-20(16)22-19(24)15-10-9-13(2)17(11-15)23(26)27/h4-12H,3H2,1-2H3,(H,22,24). The summed E-state index contributed by atoms with van der Waals surface area (Å²) < 4.78 is 5.10. The molecule has 0 fully saturated rings. The number of rotatable bonds is 6. The van der Waals surface area contributed by atoms with E-state index < -0.39 is 16.8 Å². The summed E-state index contributed by atoms with van der Waals surface area (Å²) in [6, 6.07) is 15.4. The quantitative estimate of drug-likeness (QED) is 0.348. The molecular weight excluding hydrogens is 392 g/mol. The van der Waals surface area contributed by atoms with E-state index in [2.05, 4.69) is 5.32 Å². The SMILES string of the molecule is CCOC(=O)c1cc(-c2ccccc2)sc1NC(=O)c1ccc(C)c([N+](=O)[O-])c1. The van der Waals surface area contributed by atoms with Crippen molar-refractivity contribution < 1.29 is 19.2 Å². The van der Waals surface area contributed by atoms with Gasteiger partial charge in [0.25, 0.3) is 11.6 Å². The van der Waals surface area contributed by atoms with E-state index in [1.54, 1.807) is 19.9 Å². The molecule has 0 aliphatic heterocycles. The highest BCUT2D eigenvalue weighted by molar-refractivity contribution is 7.20. The minimum atomic E-state index is -0.545. The number of nitro benzene ring substituents is 1. The minimum absolute atomic E-state index is 0.131. The summed E-state index contributed by atoms with van der Waals surface area (Å²) in [7, 11) is 0. The van der Waals surface area contributed by atoms with E-state index in [9.17, 15) is 19.7 Å². The average Bonchev–Trinajstić information content (AvgIpc) is 3.13. The van der Waals surface area contributed by atoms with Crippen molar-refractivity contribution in [2.24, 2.45) is 0 Å². The van der Waals surface area contributed by atoms with Crippen LogP contribution in [0.15, 0.2) is 54.6 Å². The molecule has 1 amide bonds. The van der Waals surface area contributed by atoms with E-state index in [4.69, 9.17) is 4.74 Å². The molecule has 2 aromatic carbocycles. The first-order valence-electron chi connectivity index (χ1n) is 8.83. The third kappa shape index (κ3) is 4.49. The molecule has 0 spiro atoms. The molecule has 3 aromatic rings. The fourth-order valence-corrected chi connectivity index (χ4v) is 3.76. The number of benzene rings is 2. The summed E-state index contributed by atoms with van der Waals surface area (Å²) in [5.74, 6) is -1.09. The zero-order valence-electron chi connectivity index (χ0n) is 15.8. The lowest BCUT2D eigenvalue weighted by molar-refractivity contribution is -0.385. The Morgan fingerprint density at radius 3 is 2.52 bits per heavy atom. The maximum atomic E-state index is 12.7. The van der Waals surface area contributed by atoms with Crippen molar-refractivity contribution in [3.05, 3.63) is 81.4 Å². The topological polar surface area (TPSA) is 98.5 Å². The van der Waals surface area contributed by atoms with Gasteiger partial charge in [-0.25, -0.2) is 4.79 Å². The van der Waals surface area contributed by atoms with Gasteiger partial charge in [0.05, 0.1) is 17.1 Å². The van der Waals surface area contributed by atoms with Crippen LogP contribution in [-0.2, 0) is 4.74 Å². The molecule has 148 valence electrons. The first kappa shape index (κ1) is 20.2. The molecule has 0 radical (unpaired) electrons. The van der Waals surface area contributed by atoms with Crippen LogP contribution in [0.3, 0.4) is 0 Å². The van der Waals surface area contributed by atoms with Crippen molar-refractivity contribution in [1.82, 2.24) is 0 Å².